The van der Waals surface area contributed by atoms with Gasteiger partial charge in [-0.15, -0.1) is 0 Å². The highest BCUT2D eigenvalue weighted by Crippen LogP contribution is 2.25. The summed E-state index contributed by atoms with van der Waals surface area (Å²) in [5.74, 6) is 1.81. The van der Waals surface area contributed by atoms with Crippen LogP contribution in [0, 0.1) is 0 Å². The summed E-state index contributed by atoms with van der Waals surface area (Å²) in [5.41, 5.74) is 1.50. The number of benzene rings is 2. The summed E-state index contributed by atoms with van der Waals surface area (Å²) in [6, 6.07) is 16.7. The van der Waals surface area contributed by atoms with Crippen molar-refractivity contribution in [3.8, 4) is 11.5 Å². The molecule has 0 atom stereocenters. The second kappa shape index (κ2) is 7.20. The van der Waals surface area contributed by atoms with Crippen molar-refractivity contribution in [2.45, 2.75) is 5.16 Å². The number of fused-ring (bicyclic) bond motifs is 1. The van der Waals surface area contributed by atoms with E-state index in [-0.39, 0.29) is 5.16 Å². The van der Waals surface area contributed by atoms with E-state index < -0.39 is 9.84 Å². The molecule has 0 saturated carbocycles. The van der Waals surface area contributed by atoms with Crippen LogP contribution >= 0.6 is 0 Å². The molecule has 0 amide bonds. The Kier molecular flexibility index (Phi) is 4.58. The highest BCUT2D eigenvalue weighted by Gasteiger charge is 2.14. The van der Waals surface area contributed by atoms with Crippen LogP contribution in [0.4, 0.5) is 11.5 Å². The molecule has 4 rings (SSSR count). The lowest BCUT2D eigenvalue weighted by Crippen LogP contribution is -2.06. The third-order valence-corrected chi connectivity index (χ3v) is 4.64. The van der Waals surface area contributed by atoms with Crippen LogP contribution < -0.4 is 10.1 Å². The van der Waals surface area contributed by atoms with E-state index in [1.807, 2.05) is 54.6 Å². The highest BCUT2D eigenvalue weighted by molar-refractivity contribution is 7.90. The monoisotopic (exact) mass is 393 g/mol. The predicted octanol–water partition coefficient (Wildman–Crippen LogP) is 3.36. The first-order valence-corrected chi connectivity index (χ1v) is 10.2. The quantitative estimate of drug-likeness (QED) is 0.514. The fraction of sp³-hybridized carbons (Fsp3) is 0.0526. The Balaban J connectivity index is 1.61. The van der Waals surface area contributed by atoms with Gasteiger partial charge in [-0.25, -0.2) is 28.4 Å². The van der Waals surface area contributed by atoms with Crippen LogP contribution in [0.2, 0.25) is 0 Å². The molecule has 0 aliphatic heterocycles. The van der Waals surface area contributed by atoms with Gasteiger partial charge in [-0.3, -0.25) is 0 Å². The standard InChI is InChI=1S/C19H15N5O3S/c1-28(25,26)19-20-11-16-17(24-19)18(22-12-21-16)23-13-7-9-15(10-8-13)27-14-5-3-2-4-6-14/h2-12H,1H3,(H,21,22,23). The fourth-order valence-corrected chi connectivity index (χ4v) is 2.98. The van der Waals surface area contributed by atoms with Gasteiger partial charge in [0.05, 0.1) is 6.20 Å². The summed E-state index contributed by atoms with van der Waals surface area (Å²) < 4.78 is 29.2. The van der Waals surface area contributed by atoms with Gasteiger partial charge in [0, 0.05) is 11.9 Å². The lowest BCUT2D eigenvalue weighted by molar-refractivity contribution is 0.483. The zero-order valence-electron chi connectivity index (χ0n) is 14.8. The topological polar surface area (TPSA) is 107 Å². The molecule has 2 aromatic heterocycles. The van der Waals surface area contributed by atoms with E-state index in [1.165, 1.54) is 12.5 Å². The van der Waals surface area contributed by atoms with Crippen molar-refractivity contribution in [3.05, 3.63) is 67.1 Å². The average molecular weight is 393 g/mol. The first-order valence-electron chi connectivity index (χ1n) is 8.27. The van der Waals surface area contributed by atoms with Gasteiger partial charge in [0.2, 0.25) is 15.0 Å². The molecule has 0 bridgehead atoms. The molecular weight excluding hydrogens is 378 g/mol. The number of aromatic nitrogens is 4. The normalized spacial score (nSPS) is 11.3. The van der Waals surface area contributed by atoms with Gasteiger partial charge in [0.25, 0.3) is 0 Å². The fourth-order valence-electron chi connectivity index (χ4n) is 2.48. The number of sulfone groups is 1. The zero-order valence-corrected chi connectivity index (χ0v) is 15.6. The Morgan fingerprint density at radius 3 is 2.32 bits per heavy atom. The van der Waals surface area contributed by atoms with E-state index in [9.17, 15) is 8.42 Å². The first kappa shape index (κ1) is 17.8. The minimum atomic E-state index is -3.54. The largest absolute Gasteiger partial charge is 0.457 e. The molecule has 140 valence electrons. The van der Waals surface area contributed by atoms with Crippen molar-refractivity contribution < 1.29 is 13.2 Å². The van der Waals surface area contributed by atoms with Crippen LogP contribution in [0.5, 0.6) is 11.5 Å². The number of nitrogens with one attached hydrogen (secondary N) is 1. The van der Waals surface area contributed by atoms with Gasteiger partial charge >= 0.3 is 0 Å². The summed E-state index contributed by atoms with van der Waals surface area (Å²) in [5, 5.41) is 2.85. The minimum Gasteiger partial charge on any atom is -0.457 e. The molecule has 0 fully saturated rings. The number of nitrogens with zero attached hydrogens (tertiary/aromatic N) is 4. The lowest BCUT2D eigenvalue weighted by atomic mass is 10.3. The maximum absolute atomic E-state index is 11.7. The van der Waals surface area contributed by atoms with Gasteiger partial charge in [-0.1, -0.05) is 18.2 Å². The third-order valence-electron chi connectivity index (χ3n) is 3.78. The van der Waals surface area contributed by atoms with Crippen LogP contribution in [-0.2, 0) is 9.84 Å². The number of hydrogen-bond acceptors (Lipinski definition) is 8. The summed E-state index contributed by atoms with van der Waals surface area (Å²) in [7, 11) is -3.54. The second-order valence-electron chi connectivity index (χ2n) is 5.95. The van der Waals surface area contributed by atoms with Gasteiger partial charge in [0.1, 0.15) is 28.9 Å². The Hall–Kier alpha value is -3.59. The smallest absolute Gasteiger partial charge is 0.247 e. The third kappa shape index (κ3) is 3.89. The van der Waals surface area contributed by atoms with Crippen molar-refractivity contribution in [3.63, 3.8) is 0 Å². The zero-order chi connectivity index (χ0) is 19.6. The molecule has 8 nitrogen and oxygen atoms in total. The van der Waals surface area contributed by atoms with E-state index in [1.54, 1.807) is 0 Å². The molecule has 0 radical (unpaired) electrons. The van der Waals surface area contributed by atoms with Crippen LogP contribution in [-0.4, -0.2) is 34.6 Å². The predicted molar refractivity (Wildman–Crippen MR) is 104 cm³/mol. The number of anilines is 2. The summed E-state index contributed by atoms with van der Waals surface area (Å²) in [6.07, 6.45) is 3.78. The van der Waals surface area contributed by atoms with Gasteiger partial charge in [-0.2, -0.15) is 0 Å². The SMILES string of the molecule is CS(=O)(=O)c1ncc2ncnc(Nc3ccc(Oc4ccccc4)cc3)c2n1. The molecular formula is C19H15N5O3S. The van der Waals surface area contributed by atoms with Crippen molar-refractivity contribution in [1.29, 1.82) is 0 Å². The molecule has 0 aliphatic rings. The van der Waals surface area contributed by atoms with Crippen LogP contribution in [0.15, 0.2) is 72.3 Å². The van der Waals surface area contributed by atoms with Crippen LogP contribution in [0.25, 0.3) is 11.0 Å². The van der Waals surface area contributed by atoms with Gasteiger partial charge < -0.3 is 10.1 Å². The van der Waals surface area contributed by atoms with Crippen molar-refractivity contribution in [2.24, 2.45) is 0 Å². The van der Waals surface area contributed by atoms with Crippen LogP contribution in [0.1, 0.15) is 0 Å². The molecule has 0 aliphatic carbocycles. The van der Waals surface area contributed by atoms with Gasteiger partial charge in [0.15, 0.2) is 5.82 Å². The number of para-hydroxylation sites is 1. The van der Waals surface area contributed by atoms with E-state index in [4.69, 9.17) is 4.74 Å². The Morgan fingerprint density at radius 1 is 0.893 bits per heavy atom. The molecule has 0 unspecified atom stereocenters. The van der Waals surface area contributed by atoms with Gasteiger partial charge in [-0.05, 0) is 36.4 Å². The van der Waals surface area contributed by atoms with Crippen LogP contribution in [0.3, 0.4) is 0 Å². The maximum atomic E-state index is 11.7. The second-order valence-corrected chi connectivity index (χ2v) is 7.85. The van der Waals surface area contributed by atoms with E-state index in [0.29, 0.717) is 22.6 Å². The molecule has 2 aromatic carbocycles. The Labute approximate surface area is 161 Å². The summed E-state index contributed by atoms with van der Waals surface area (Å²) in [4.78, 5) is 16.2. The molecule has 2 heterocycles. The molecule has 0 spiro atoms. The van der Waals surface area contributed by atoms with Crippen molar-refractivity contribution in [2.75, 3.05) is 11.6 Å². The summed E-state index contributed by atoms with van der Waals surface area (Å²) in [6.45, 7) is 0. The van der Waals surface area contributed by atoms with E-state index >= 15 is 0 Å². The molecule has 1 N–H and O–H groups in total. The van der Waals surface area contributed by atoms with E-state index in [0.717, 1.165) is 17.7 Å². The number of rotatable bonds is 5. The number of hydrogen-bond donors (Lipinski definition) is 1. The highest BCUT2D eigenvalue weighted by atomic mass is 32.2. The molecule has 4 aromatic rings. The molecule has 0 saturated heterocycles. The molecule has 28 heavy (non-hydrogen) atoms. The number of ether oxygens (including phenoxy) is 1. The van der Waals surface area contributed by atoms with Crippen molar-refractivity contribution in [1.82, 2.24) is 19.9 Å². The Morgan fingerprint density at radius 2 is 1.61 bits per heavy atom. The molecule has 9 heteroatoms. The first-order chi connectivity index (χ1) is 13.5. The minimum absolute atomic E-state index is 0.274. The van der Waals surface area contributed by atoms with Crippen molar-refractivity contribution >= 4 is 32.4 Å². The average Bonchev–Trinajstić information content (AvgIpc) is 2.69. The Bertz CT molecular complexity index is 1230. The van der Waals surface area contributed by atoms with E-state index in [2.05, 4.69) is 25.3 Å². The summed E-state index contributed by atoms with van der Waals surface area (Å²) >= 11 is 0. The lowest BCUT2D eigenvalue weighted by Gasteiger charge is -2.09. The maximum Gasteiger partial charge on any atom is 0.247 e.